The number of hydrogen-bond acceptors (Lipinski definition) is 5. The second-order valence-electron chi connectivity index (χ2n) is 3.68. The number of carbonyl (C=O) groups excluding carboxylic acids is 1. The van der Waals surface area contributed by atoms with Gasteiger partial charge in [-0.25, -0.2) is 0 Å². The third-order valence-corrected chi connectivity index (χ3v) is 2.48. The predicted octanol–water partition coefficient (Wildman–Crippen LogP) is 1.89. The van der Waals surface area contributed by atoms with E-state index in [1.165, 1.54) is 19.2 Å². The minimum atomic E-state index is -0.511. The normalized spacial score (nSPS) is 11.3. The van der Waals surface area contributed by atoms with Gasteiger partial charge in [0.1, 0.15) is 0 Å². The Kier molecular flexibility index (Phi) is 6.29. The van der Waals surface area contributed by atoms with Crippen LogP contribution in [0, 0.1) is 17.0 Å². The van der Waals surface area contributed by atoms with Crippen LogP contribution < -0.4 is 5.73 Å². The zero-order chi connectivity index (χ0) is 13.0. The number of esters is 1. The van der Waals surface area contributed by atoms with Crippen molar-refractivity contribution in [2.75, 3.05) is 7.11 Å². The van der Waals surface area contributed by atoms with Gasteiger partial charge >= 0.3 is 5.97 Å². The summed E-state index contributed by atoms with van der Waals surface area (Å²) in [6, 6.07) is 3.87. The van der Waals surface area contributed by atoms with E-state index in [-0.39, 0.29) is 24.5 Å². The van der Waals surface area contributed by atoms with Crippen LogP contribution in [0.1, 0.15) is 23.6 Å². The van der Waals surface area contributed by atoms with Crippen molar-refractivity contribution >= 4 is 24.1 Å². The molecule has 0 spiro atoms. The highest BCUT2D eigenvalue weighted by Crippen LogP contribution is 2.23. The maximum Gasteiger partial charge on any atom is 0.307 e. The molecule has 1 aromatic rings. The van der Waals surface area contributed by atoms with Gasteiger partial charge in [-0.05, 0) is 18.1 Å². The van der Waals surface area contributed by atoms with E-state index in [4.69, 9.17) is 5.73 Å². The molecule has 1 aromatic carbocycles. The van der Waals surface area contributed by atoms with Crippen molar-refractivity contribution in [2.24, 2.45) is 5.73 Å². The molecule has 0 aliphatic heterocycles. The lowest BCUT2D eigenvalue weighted by atomic mass is 9.99. The van der Waals surface area contributed by atoms with Crippen molar-refractivity contribution in [2.45, 2.75) is 19.4 Å². The molecule has 1 atom stereocenters. The largest absolute Gasteiger partial charge is 0.469 e. The number of methoxy groups -OCH3 is 1. The van der Waals surface area contributed by atoms with Crippen LogP contribution in [0.25, 0.3) is 0 Å². The lowest BCUT2D eigenvalue weighted by molar-refractivity contribution is -0.384. The van der Waals surface area contributed by atoms with E-state index in [1.54, 1.807) is 13.0 Å². The number of carbonyl (C=O) groups is 1. The number of nitro benzene ring substituents is 1. The van der Waals surface area contributed by atoms with E-state index >= 15 is 0 Å². The first-order valence-corrected chi connectivity index (χ1v) is 5.03. The first-order valence-electron chi connectivity index (χ1n) is 5.03. The summed E-state index contributed by atoms with van der Waals surface area (Å²) < 4.78 is 4.52. The van der Waals surface area contributed by atoms with Gasteiger partial charge in [0.2, 0.25) is 0 Å². The average molecular weight is 275 g/mol. The molecule has 1 rings (SSSR count). The quantitative estimate of drug-likeness (QED) is 0.514. The summed E-state index contributed by atoms with van der Waals surface area (Å²) in [6.45, 7) is 1.72. The Morgan fingerprint density at radius 2 is 2.17 bits per heavy atom. The Labute approximate surface area is 111 Å². The molecule has 0 amide bonds. The molecule has 0 aliphatic rings. The topological polar surface area (TPSA) is 95.5 Å². The number of nitro groups is 1. The van der Waals surface area contributed by atoms with Gasteiger partial charge in [0.25, 0.3) is 5.69 Å². The Hall–Kier alpha value is -1.66. The maximum atomic E-state index is 11.1. The van der Waals surface area contributed by atoms with Gasteiger partial charge in [-0.15, -0.1) is 12.4 Å². The molecule has 0 aliphatic carbocycles. The third kappa shape index (κ3) is 3.97. The van der Waals surface area contributed by atoms with Gasteiger partial charge in [0.05, 0.1) is 18.5 Å². The molecule has 18 heavy (non-hydrogen) atoms. The molecule has 6 nitrogen and oxygen atoms in total. The molecule has 0 heterocycles. The first kappa shape index (κ1) is 16.3. The molecular weight excluding hydrogens is 260 g/mol. The van der Waals surface area contributed by atoms with Crippen LogP contribution in [0.15, 0.2) is 18.2 Å². The highest BCUT2D eigenvalue weighted by Gasteiger charge is 2.16. The number of nitrogens with zero attached hydrogens (tertiary/aromatic N) is 1. The zero-order valence-electron chi connectivity index (χ0n) is 10.1. The van der Waals surface area contributed by atoms with Crippen molar-refractivity contribution in [1.29, 1.82) is 0 Å². The van der Waals surface area contributed by atoms with Crippen LogP contribution in [0.4, 0.5) is 5.69 Å². The first-order chi connectivity index (χ1) is 7.95. The van der Waals surface area contributed by atoms with Crippen molar-refractivity contribution in [3.63, 3.8) is 0 Å². The van der Waals surface area contributed by atoms with Crippen molar-refractivity contribution < 1.29 is 14.5 Å². The van der Waals surface area contributed by atoms with Crippen LogP contribution in [-0.4, -0.2) is 18.0 Å². The summed E-state index contributed by atoms with van der Waals surface area (Å²) in [5, 5.41) is 10.6. The van der Waals surface area contributed by atoms with Gasteiger partial charge in [-0.2, -0.15) is 0 Å². The summed E-state index contributed by atoms with van der Waals surface area (Å²) in [4.78, 5) is 21.2. The molecule has 100 valence electrons. The number of aryl methyl sites for hydroxylation is 1. The average Bonchev–Trinajstić information content (AvgIpc) is 2.28. The summed E-state index contributed by atoms with van der Waals surface area (Å²) >= 11 is 0. The smallest absolute Gasteiger partial charge is 0.307 e. The molecule has 0 saturated heterocycles. The predicted molar refractivity (Wildman–Crippen MR) is 68.6 cm³/mol. The lowest BCUT2D eigenvalue weighted by Gasteiger charge is -2.13. The summed E-state index contributed by atoms with van der Waals surface area (Å²) in [7, 11) is 1.29. The molecule has 0 saturated carbocycles. The Morgan fingerprint density at radius 3 is 2.61 bits per heavy atom. The molecule has 1 unspecified atom stereocenters. The molecule has 0 radical (unpaired) electrons. The van der Waals surface area contributed by atoms with Crippen molar-refractivity contribution in [3.8, 4) is 0 Å². The fourth-order valence-corrected chi connectivity index (χ4v) is 1.56. The summed E-state index contributed by atoms with van der Waals surface area (Å²) in [5.74, 6) is -0.407. The summed E-state index contributed by atoms with van der Waals surface area (Å²) in [6.07, 6.45) is 0.0507. The third-order valence-electron chi connectivity index (χ3n) is 2.48. The standard InChI is InChI=1S/C11H14N2O4.ClH/c1-7-5-8(13(15)16)3-4-9(7)10(12)6-11(14)17-2;/h3-5,10H,6,12H2,1-2H3;1H. The maximum absolute atomic E-state index is 11.1. The Morgan fingerprint density at radius 1 is 1.56 bits per heavy atom. The van der Waals surface area contributed by atoms with Crippen molar-refractivity contribution in [1.82, 2.24) is 0 Å². The Balaban J connectivity index is 0.00000289. The minimum absolute atomic E-state index is 0. The second-order valence-corrected chi connectivity index (χ2v) is 3.68. The fraction of sp³-hybridized carbons (Fsp3) is 0.364. The highest BCUT2D eigenvalue weighted by molar-refractivity contribution is 5.85. The number of hydrogen-bond donors (Lipinski definition) is 1. The number of non-ortho nitro benzene ring substituents is 1. The fourth-order valence-electron chi connectivity index (χ4n) is 1.56. The van der Waals surface area contributed by atoms with Gasteiger partial charge in [-0.1, -0.05) is 6.07 Å². The Bertz CT molecular complexity index is 451. The molecule has 7 heteroatoms. The van der Waals surface area contributed by atoms with Gasteiger partial charge in [0.15, 0.2) is 0 Å². The molecule has 0 fully saturated rings. The van der Waals surface area contributed by atoms with E-state index < -0.39 is 16.9 Å². The number of halogens is 1. The summed E-state index contributed by atoms with van der Waals surface area (Å²) in [5.41, 5.74) is 7.24. The van der Waals surface area contributed by atoms with Crippen molar-refractivity contribution in [3.05, 3.63) is 39.4 Å². The van der Waals surface area contributed by atoms with Crippen LogP contribution in [-0.2, 0) is 9.53 Å². The molecular formula is C11H15ClN2O4. The van der Waals surface area contributed by atoms with Crippen LogP contribution in [0.2, 0.25) is 0 Å². The lowest BCUT2D eigenvalue weighted by Crippen LogP contribution is -2.17. The van der Waals surface area contributed by atoms with E-state index in [0.29, 0.717) is 11.1 Å². The van der Waals surface area contributed by atoms with Gasteiger partial charge in [-0.3, -0.25) is 14.9 Å². The zero-order valence-corrected chi connectivity index (χ0v) is 10.9. The number of nitrogens with two attached hydrogens (primary N) is 1. The van der Waals surface area contributed by atoms with Crippen LogP contribution >= 0.6 is 12.4 Å². The highest BCUT2D eigenvalue weighted by atomic mass is 35.5. The molecule has 0 bridgehead atoms. The van der Waals surface area contributed by atoms with Gasteiger partial charge < -0.3 is 10.5 Å². The van der Waals surface area contributed by atoms with Crippen LogP contribution in [0.3, 0.4) is 0 Å². The minimum Gasteiger partial charge on any atom is -0.469 e. The number of rotatable bonds is 4. The van der Waals surface area contributed by atoms with E-state index in [9.17, 15) is 14.9 Å². The van der Waals surface area contributed by atoms with Crippen LogP contribution in [0.5, 0.6) is 0 Å². The van der Waals surface area contributed by atoms with E-state index in [2.05, 4.69) is 4.74 Å². The van der Waals surface area contributed by atoms with Gasteiger partial charge in [0, 0.05) is 18.2 Å². The van der Waals surface area contributed by atoms with E-state index in [0.717, 1.165) is 0 Å². The SMILES string of the molecule is COC(=O)CC(N)c1ccc([N+](=O)[O-])cc1C.Cl. The molecule has 0 aromatic heterocycles. The number of benzene rings is 1. The molecule has 2 N–H and O–H groups in total. The second kappa shape index (κ2) is 6.93. The monoisotopic (exact) mass is 274 g/mol. The van der Waals surface area contributed by atoms with E-state index in [1.807, 2.05) is 0 Å². The number of ether oxygens (including phenoxy) is 1.